The van der Waals surface area contributed by atoms with Gasteiger partial charge in [0.1, 0.15) is 12.0 Å². The van der Waals surface area contributed by atoms with Crippen LogP contribution in [-0.4, -0.2) is 39.4 Å². The van der Waals surface area contributed by atoms with Gasteiger partial charge in [0.05, 0.1) is 5.56 Å². The van der Waals surface area contributed by atoms with Crippen LogP contribution in [0.25, 0.3) is 0 Å². The SMILES string of the molecule is CC(C)(C)OC(=O)CC(=O)NNC(=O)c1cnc(NC2Cc3ccccc3C2)nc1C(F)(F)F. The summed E-state index contributed by atoms with van der Waals surface area (Å²) >= 11 is 0. The van der Waals surface area contributed by atoms with E-state index in [9.17, 15) is 27.6 Å². The van der Waals surface area contributed by atoms with E-state index in [1.807, 2.05) is 35.1 Å². The van der Waals surface area contributed by atoms with Crippen LogP contribution in [0.3, 0.4) is 0 Å². The van der Waals surface area contributed by atoms with Crippen molar-refractivity contribution < 1.29 is 32.3 Å². The van der Waals surface area contributed by atoms with Gasteiger partial charge >= 0.3 is 12.1 Å². The average molecular weight is 479 g/mol. The maximum atomic E-state index is 13.6. The van der Waals surface area contributed by atoms with Crippen LogP contribution in [0.1, 0.15) is 54.4 Å². The molecule has 0 unspecified atom stereocenters. The first-order valence-electron chi connectivity index (χ1n) is 10.4. The van der Waals surface area contributed by atoms with Gasteiger partial charge in [-0.25, -0.2) is 9.97 Å². The van der Waals surface area contributed by atoms with Gasteiger partial charge in [-0.05, 0) is 44.7 Å². The molecule has 1 heterocycles. The Morgan fingerprint density at radius 2 is 1.68 bits per heavy atom. The fraction of sp³-hybridized carbons (Fsp3) is 0.409. The number of hydrogen-bond donors (Lipinski definition) is 3. The Morgan fingerprint density at radius 3 is 2.24 bits per heavy atom. The van der Waals surface area contributed by atoms with Crippen molar-refractivity contribution >= 4 is 23.7 Å². The third kappa shape index (κ3) is 6.65. The number of benzene rings is 1. The number of halogens is 3. The summed E-state index contributed by atoms with van der Waals surface area (Å²) in [5.74, 6) is -3.38. The van der Waals surface area contributed by atoms with E-state index in [-0.39, 0.29) is 12.0 Å². The van der Waals surface area contributed by atoms with Crippen LogP contribution in [-0.2, 0) is 33.3 Å². The van der Waals surface area contributed by atoms with Crippen LogP contribution < -0.4 is 16.2 Å². The predicted octanol–water partition coefficient (Wildman–Crippen LogP) is 2.57. The zero-order valence-electron chi connectivity index (χ0n) is 18.7. The molecule has 9 nitrogen and oxygen atoms in total. The quantitative estimate of drug-likeness (QED) is 0.342. The number of rotatable bonds is 5. The van der Waals surface area contributed by atoms with E-state index in [0.717, 1.165) is 17.3 Å². The summed E-state index contributed by atoms with van der Waals surface area (Å²) in [5, 5.41) is 2.88. The third-order valence-electron chi connectivity index (χ3n) is 4.73. The number of ether oxygens (including phenoxy) is 1. The van der Waals surface area contributed by atoms with Gasteiger partial charge in [-0.2, -0.15) is 13.2 Å². The van der Waals surface area contributed by atoms with E-state index in [4.69, 9.17) is 4.74 Å². The van der Waals surface area contributed by atoms with Crippen molar-refractivity contribution in [2.45, 2.75) is 57.9 Å². The summed E-state index contributed by atoms with van der Waals surface area (Å²) in [6.07, 6.45) is -3.74. The van der Waals surface area contributed by atoms with Crippen molar-refractivity contribution in [1.82, 2.24) is 20.8 Å². The van der Waals surface area contributed by atoms with E-state index < -0.39 is 47.2 Å². The summed E-state index contributed by atoms with van der Waals surface area (Å²) in [5.41, 5.74) is 2.74. The van der Waals surface area contributed by atoms with Gasteiger partial charge in [0, 0.05) is 12.2 Å². The molecule has 0 bridgehead atoms. The number of hydrazine groups is 1. The Bertz CT molecular complexity index is 1070. The first-order chi connectivity index (χ1) is 15.8. The highest BCUT2D eigenvalue weighted by atomic mass is 19.4. The molecule has 1 aliphatic carbocycles. The normalized spacial score (nSPS) is 13.7. The van der Waals surface area contributed by atoms with Crippen LogP contribution >= 0.6 is 0 Å². The Kier molecular flexibility index (Phi) is 7.08. The van der Waals surface area contributed by atoms with E-state index in [2.05, 4.69) is 15.3 Å². The molecule has 182 valence electrons. The molecular formula is C22H24F3N5O4. The third-order valence-corrected chi connectivity index (χ3v) is 4.73. The van der Waals surface area contributed by atoms with E-state index in [0.29, 0.717) is 12.8 Å². The van der Waals surface area contributed by atoms with E-state index in [1.165, 1.54) is 0 Å². The second kappa shape index (κ2) is 9.65. The number of aromatic nitrogens is 2. The number of fused-ring (bicyclic) bond motifs is 1. The molecule has 0 spiro atoms. The summed E-state index contributed by atoms with van der Waals surface area (Å²) < 4.78 is 45.8. The Balaban J connectivity index is 1.65. The van der Waals surface area contributed by atoms with Crippen molar-refractivity contribution in [1.29, 1.82) is 0 Å². The van der Waals surface area contributed by atoms with Crippen LogP contribution in [0.4, 0.5) is 19.1 Å². The minimum absolute atomic E-state index is 0.190. The number of anilines is 1. The Hall–Kier alpha value is -3.70. The molecule has 0 atom stereocenters. The van der Waals surface area contributed by atoms with Crippen molar-refractivity contribution in [2.75, 3.05) is 5.32 Å². The zero-order valence-corrected chi connectivity index (χ0v) is 18.7. The van der Waals surface area contributed by atoms with Crippen molar-refractivity contribution in [2.24, 2.45) is 0 Å². The van der Waals surface area contributed by atoms with Crippen LogP contribution in [0.15, 0.2) is 30.5 Å². The van der Waals surface area contributed by atoms with E-state index in [1.54, 1.807) is 20.8 Å². The van der Waals surface area contributed by atoms with E-state index >= 15 is 0 Å². The van der Waals surface area contributed by atoms with Gasteiger partial charge in [0.15, 0.2) is 5.69 Å². The van der Waals surface area contributed by atoms with Crippen molar-refractivity contribution in [3.05, 3.63) is 52.8 Å². The second-order valence-corrected chi connectivity index (χ2v) is 8.74. The maximum absolute atomic E-state index is 13.6. The molecule has 0 aliphatic heterocycles. The average Bonchev–Trinajstić information content (AvgIpc) is 3.12. The number of carbonyl (C=O) groups excluding carboxylic acids is 3. The smallest absolute Gasteiger partial charge is 0.434 e. The highest BCUT2D eigenvalue weighted by Crippen LogP contribution is 2.31. The topological polar surface area (TPSA) is 122 Å². The molecule has 1 aromatic carbocycles. The first-order valence-corrected chi connectivity index (χ1v) is 10.4. The minimum Gasteiger partial charge on any atom is -0.460 e. The number of esters is 1. The zero-order chi connectivity index (χ0) is 25.1. The van der Waals surface area contributed by atoms with Gasteiger partial charge in [0.2, 0.25) is 11.9 Å². The predicted molar refractivity (Wildman–Crippen MR) is 114 cm³/mol. The number of amides is 2. The van der Waals surface area contributed by atoms with Gasteiger partial charge in [0.25, 0.3) is 5.91 Å². The molecule has 3 rings (SSSR count). The summed E-state index contributed by atoms with van der Waals surface area (Å²) in [6, 6.07) is 7.48. The minimum atomic E-state index is -4.95. The molecule has 2 amide bonds. The number of nitrogens with one attached hydrogen (secondary N) is 3. The molecule has 1 aromatic heterocycles. The Morgan fingerprint density at radius 1 is 1.06 bits per heavy atom. The van der Waals surface area contributed by atoms with Gasteiger partial charge < -0.3 is 10.1 Å². The summed E-state index contributed by atoms with van der Waals surface area (Å²) in [7, 11) is 0. The lowest BCUT2D eigenvalue weighted by atomic mass is 10.1. The van der Waals surface area contributed by atoms with Gasteiger partial charge in [-0.1, -0.05) is 24.3 Å². The fourth-order valence-corrected chi connectivity index (χ4v) is 3.42. The maximum Gasteiger partial charge on any atom is 0.434 e. The van der Waals surface area contributed by atoms with Crippen molar-refractivity contribution in [3.63, 3.8) is 0 Å². The lowest BCUT2D eigenvalue weighted by Crippen LogP contribution is -2.43. The molecule has 0 saturated heterocycles. The standard InChI is InChI=1S/C22H24F3N5O4/c1-21(2,3)34-17(32)10-16(31)29-30-19(33)15-11-26-20(28-18(15)22(23,24)25)27-14-8-12-6-4-5-7-13(12)9-14/h4-7,11,14H,8-10H2,1-3H3,(H,29,31)(H,30,33)(H,26,27,28). The Labute approximate surface area is 193 Å². The van der Waals surface area contributed by atoms with Gasteiger partial charge in [-0.15, -0.1) is 0 Å². The molecule has 12 heteroatoms. The molecule has 34 heavy (non-hydrogen) atoms. The number of hydrogen-bond acceptors (Lipinski definition) is 7. The highest BCUT2D eigenvalue weighted by Gasteiger charge is 2.38. The lowest BCUT2D eigenvalue weighted by Gasteiger charge is -2.19. The monoisotopic (exact) mass is 479 g/mol. The molecule has 0 radical (unpaired) electrons. The summed E-state index contributed by atoms with van der Waals surface area (Å²) in [4.78, 5) is 43.1. The molecule has 1 aliphatic rings. The first kappa shape index (κ1) is 24.9. The van der Waals surface area contributed by atoms with Gasteiger partial charge in [-0.3, -0.25) is 25.2 Å². The number of nitrogens with zero attached hydrogens (tertiary/aromatic N) is 2. The van der Waals surface area contributed by atoms with Crippen LogP contribution in [0.2, 0.25) is 0 Å². The van der Waals surface area contributed by atoms with Crippen LogP contribution in [0.5, 0.6) is 0 Å². The van der Waals surface area contributed by atoms with Crippen LogP contribution in [0, 0.1) is 0 Å². The number of carbonyl (C=O) groups is 3. The number of alkyl halides is 3. The largest absolute Gasteiger partial charge is 0.460 e. The summed E-state index contributed by atoms with van der Waals surface area (Å²) in [6.45, 7) is 4.81. The highest BCUT2D eigenvalue weighted by molar-refractivity contribution is 5.99. The lowest BCUT2D eigenvalue weighted by molar-refractivity contribution is -0.156. The molecule has 3 N–H and O–H groups in total. The fourth-order valence-electron chi connectivity index (χ4n) is 3.42. The molecule has 2 aromatic rings. The van der Waals surface area contributed by atoms with Crippen molar-refractivity contribution in [3.8, 4) is 0 Å². The molecule has 0 fully saturated rings. The second-order valence-electron chi connectivity index (χ2n) is 8.74. The molecule has 0 saturated carbocycles. The molecular weight excluding hydrogens is 455 g/mol.